The largest absolute Gasteiger partial charge is 0.394 e. The highest BCUT2D eigenvalue weighted by molar-refractivity contribution is 5.94. The number of nitrogens with zero attached hydrogens (tertiary/aromatic N) is 2. The molecule has 0 aromatic heterocycles. The average molecular weight is 366 g/mol. The summed E-state index contributed by atoms with van der Waals surface area (Å²) in [6, 6.07) is 8.86. The monoisotopic (exact) mass is 366 g/mol. The van der Waals surface area contributed by atoms with Gasteiger partial charge in [-0.05, 0) is 24.0 Å². The van der Waals surface area contributed by atoms with Gasteiger partial charge in [-0.2, -0.15) is 0 Å². The Hall–Kier alpha value is -1.53. The highest BCUT2D eigenvalue weighted by Crippen LogP contribution is 2.35. The fourth-order valence-electron chi connectivity index (χ4n) is 4.35. The van der Waals surface area contributed by atoms with Gasteiger partial charge in [-0.25, -0.2) is 8.78 Å². The van der Waals surface area contributed by atoms with Crippen LogP contribution in [0, 0.1) is 11.8 Å². The van der Waals surface area contributed by atoms with Gasteiger partial charge in [-0.3, -0.25) is 4.79 Å². The van der Waals surface area contributed by atoms with Gasteiger partial charge in [-0.15, -0.1) is 0 Å². The van der Waals surface area contributed by atoms with E-state index >= 15 is 0 Å². The fraction of sp³-hybridized carbons (Fsp3) is 0.650. The van der Waals surface area contributed by atoms with E-state index in [-0.39, 0.29) is 43.2 Å². The second-order valence-electron chi connectivity index (χ2n) is 7.56. The van der Waals surface area contributed by atoms with Crippen LogP contribution in [0.5, 0.6) is 0 Å². The Bertz CT molecular complexity index is 601. The topological polar surface area (TPSA) is 43.8 Å². The predicted octanol–water partition coefficient (Wildman–Crippen LogP) is 2.88. The summed E-state index contributed by atoms with van der Waals surface area (Å²) in [7, 11) is 0. The van der Waals surface area contributed by atoms with Crippen LogP contribution in [0.2, 0.25) is 0 Å². The molecular formula is C20H28F2N2O2. The first-order valence-electron chi connectivity index (χ1n) is 9.52. The lowest BCUT2D eigenvalue weighted by atomic mass is 9.87. The van der Waals surface area contributed by atoms with Gasteiger partial charge < -0.3 is 14.9 Å². The number of amides is 1. The van der Waals surface area contributed by atoms with E-state index in [1.54, 1.807) is 17.0 Å². The van der Waals surface area contributed by atoms with E-state index in [9.17, 15) is 18.7 Å². The summed E-state index contributed by atoms with van der Waals surface area (Å²) in [5, 5.41) is 10.00. The molecule has 1 N–H and O–H groups in total. The van der Waals surface area contributed by atoms with Gasteiger partial charge in [0.05, 0.1) is 12.6 Å². The zero-order valence-corrected chi connectivity index (χ0v) is 15.3. The second kappa shape index (κ2) is 8.01. The molecule has 0 spiro atoms. The molecule has 2 saturated heterocycles. The molecule has 1 amide bonds. The number of hydrogen-bond acceptors (Lipinski definition) is 3. The van der Waals surface area contributed by atoms with Crippen molar-refractivity contribution in [3.05, 3.63) is 35.9 Å². The van der Waals surface area contributed by atoms with Crippen LogP contribution in [-0.4, -0.2) is 65.6 Å². The molecule has 0 aliphatic carbocycles. The van der Waals surface area contributed by atoms with Gasteiger partial charge >= 0.3 is 0 Å². The number of alkyl halides is 2. The summed E-state index contributed by atoms with van der Waals surface area (Å²) >= 11 is 0. The number of likely N-dealkylation sites (tertiary alicyclic amines) is 2. The third kappa shape index (κ3) is 4.07. The molecule has 1 aromatic rings. The molecule has 0 radical (unpaired) electrons. The number of carbonyl (C=O) groups excluding carboxylic acids is 1. The van der Waals surface area contributed by atoms with Gasteiger partial charge in [-0.1, -0.05) is 31.5 Å². The van der Waals surface area contributed by atoms with Crippen LogP contribution < -0.4 is 0 Å². The number of carbonyl (C=O) groups is 1. The van der Waals surface area contributed by atoms with E-state index in [1.807, 2.05) is 18.2 Å². The van der Waals surface area contributed by atoms with Crippen LogP contribution in [0.3, 0.4) is 0 Å². The third-order valence-corrected chi connectivity index (χ3v) is 5.98. The van der Waals surface area contributed by atoms with Gasteiger partial charge in [0.25, 0.3) is 11.8 Å². The van der Waals surface area contributed by atoms with Gasteiger partial charge in [0.1, 0.15) is 0 Å². The molecule has 3 rings (SSSR count). The molecule has 2 aliphatic rings. The van der Waals surface area contributed by atoms with Crippen molar-refractivity contribution in [2.45, 2.75) is 38.2 Å². The Labute approximate surface area is 153 Å². The molecule has 2 fully saturated rings. The van der Waals surface area contributed by atoms with Crippen molar-refractivity contribution in [1.82, 2.24) is 9.80 Å². The van der Waals surface area contributed by atoms with Crippen molar-refractivity contribution in [3.8, 4) is 0 Å². The molecule has 2 aliphatic heterocycles. The van der Waals surface area contributed by atoms with Crippen LogP contribution in [0.4, 0.5) is 8.78 Å². The number of aliphatic hydroxyl groups excluding tert-OH is 1. The molecule has 0 saturated carbocycles. The van der Waals surface area contributed by atoms with Crippen molar-refractivity contribution in [2.75, 3.05) is 32.8 Å². The zero-order valence-electron chi connectivity index (χ0n) is 15.3. The number of halogens is 2. The maximum atomic E-state index is 13.4. The second-order valence-corrected chi connectivity index (χ2v) is 7.56. The Morgan fingerprint density at radius 1 is 1.23 bits per heavy atom. The Morgan fingerprint density at radius 3 is 2.46 bits per heavy atom. The van der Waals surface area contributed by atoms with E-state index in [1.165, 1.54) is 0 Å². The lowest BCUT2D eigenvalue weighted by Crippen LogP contribution is -2.46. The summed E-state index contributed by atoms with van der Waals surface area (Å²) in [4.78, 5) is 16.8. The van der Waals surface area contributed by atoms with Crippen LogP contribution in [0.15, 0.2) is 30.3 Å². The molecule has 26 heavy (non-hydrogen) atoms. The number of aliphatic hydroxyl groups is 1. The smallest absolute Gasteiger partial charge is 0.254 e. The lowest BCUT2D eigenvalue weighted by molar-refractivity contribution is -0.0591. The summed E-state index contributed by atoms with van der Waals surface area (Å²) in [6.07, 6.45) is 0.698. The Morgan fingerprint density at radius 2 is 1.88 bits per heavy atom. The van der Waals surface area contributed by atoms with E-state index < -0.39 is 5.92 Å². The van der Waals surface area contributed by atoms with E-state index in [2.05, 4.69) is 11.8 Å². The molecule has 3 atom stereocenters. The standard InChI is InChI=1S/C20H28F2N2O2/c1-2-15-12-24(19(26)16-6-4-3-5-7-16)18(14-25)17(15)13-23-10-8-20(21,22)9-11-23/h3-7,15,17-18,25H,2,8-14H2,1H3/t15-,17-,18-/m1/s1. The van der Waals surface area contributed by atoms with Crippen LogP contribution in [0.1, 0.15) is 36.5 Å². The summed E-state index contributed by atoms with van der Waals surface area (Å²) in [6.45, 7) is 4.04. The minimum atomic E-state index is -2.55. The first kappa shape index (κ1) is 19.2. The highest BCUT2D eigenvalue weighted by atomic mass is 19.3. The van der Waals surface area contributed by atoms with Crippen molar-refractivity contribution in [3.63, 3.8) is 0 Å². The van der Waals surface area contributed by atoms with Crippen molar-refractivity contribution in [2.24, 2.45) is 11.8 Å². The minimum Gasteiger partial charge on any atom is -0.394 e. The molecular weight excluding hydrogens is 338 g/mol. The number of benzene rings is 1. The molecule has 2 heterocycles. The van der Waals surface area contributed by atoms with E-state index in [0.29, 0.717) is 31.7 Å². The van der Waals surface area contributed by atoms with E-state index in [4.69, 9.17) is 0 Å². The molecule has 1 aromatic carbocycles. The third-order valence-electron chi connectivity index (χ3n) is 5.98. The maximum absolute atomic E-state index is 13.4. The number of hydrogen-bond donors (Lipinski definition) is 1. The van der Waals surface area contributed by atoms with Gasteiger partial charge in [0.2, 0.25) is 0 Å². The predicted molar refractivity (Wildman–Crippen MR) is 96.2 cm³/mol. The molecule has 144 valence electrons. The lowest BCUT2D eigenvalue weighted by Gasteiger charge is -2.36. The molecule has 0 unspecified atom stereocenters. The summed E-state index contributed by atoms with van der Waals surface area (Å²) in [5.74, 6) is -2.22. The maximum Gasteiger partial charge on any atom is 0.254 e. The first-order valence-corrected chi connectivity index (χ1v) is 9.52. The molecule has 6 heteroatoms. The number of piperidine rings is 1. The van der Waals surface area contributed by atoms with Gasteiger partial charge in [0.15, 0.2) is 0 Å². The van der Waals surface area contributed by atoms with Crippen molar-refractivity contribution >= 4 is 5.91 Å². The van der Waals surface area contributed by atoms with Crippen LogP contribution >= 0.6 is 0 Å². The van der Waals surface area contributed by atoms with Gasteiger partial charge in [0, 0.05) is 44.6 Å². The van der Waals surface area contributed by atoms with Crippen molar-refractivity contribution < 1.29 is 18.7 Å². The summed E-state index contributed by atoms with van der Waals surface area (Å²) in [5.41, 5.74) is 0.624. The minimum absolute atomic E-state index is 0.0595. The Balaban J connectivity index is 1.72. The zero-order chi connectivity index (χ0) is 18.7. The van der Waals surface area contributed by atoms with E-state index in [0.717, 1.165) is 6.42 Å². The van der Waals surface area contributed by atoms with Crippen LogP contribution in [0.25, 0.3) is 0 Å². The fourth-order valence-corrected chi connectivity index (χ4v) is 4.35. The molecule has 4 nitrogen and oxygen atoms in total. The average Bonchev–Trinajstić information content (AvgIpc) is 3.01. The summed E-state index contributed by atoms with van der Waals surface area (Å²) < 4.78 is 26.8. The number of rotatable bonds is 5. The quantitative estimate of drug-likeness (QED) is 0.872. The Kier molecular flexibility index (Phi) is 5.92. The van der Waals surface area contributed by atoms with Crippen LogP contribution in [-0.2, 0) is 0 Å². The van der Waals surface area contributed by atoms with Crippen molar-refractivity contribution in [1.29, 1.82) is 0 Å². The molecule has 0 bridgehead atoms. The first-order chi connectivity index (χ1) is 12.4. The SMILES string of the molecule is CC[C@@H]1CN(C(=O)c2ccccc2)[C@H](CO)[C@@H]1CN1CCC(F)(F)CC1. The normalized spacial score (nSPS) is 29.1. The highest BCUT2D eigenvalue weighted by Gasteiger charge is 2.44.